The summed E-state index contributed by atoms with van der Waals surface area (Å²) in [5.74, 6) is 0.320. The lowest BCUT2D eigenvalue weighted by molar-refractivity contribution is -0.125. The molecular weight excluding hydrogens is 216 g/mol. The van der Waals surface area contributed by atoms with Crippen molar-refractivity contribution < 1.29 is 4.79 Å². The summed E-state index contributed by atoms with van der Waals surface area (Å²) < 4.78 is 1.78. The fourth-order valence-corrected chi connectivity index (χ4v) is 2.13. The number of hydrogen-bond acceptors (Lipinski definition) is 3. The van der Waals surface area contributed by atoms with Crippen LogP contribution in [0, 0.1) is 5.92 Å². The molecule has 1 unspecified atom stereocenters. The smallest absolute Gasteiger partial charge is 0.224 e. The predicted octanol–water partition coefficient (Wildman–Crippen LogP) is 0.0784. The Hall–Kier alpha value is -1.36. The summed E-state index contributed by atoms with van der Waals surface area (Å²) in [6, 6.07) is 1.98. The van der Waals surface area contributed by atoms with Crippen LogP contribution in [0.2, 0.25) is 0 Å². The topological polar surface area (TPSA) is 59.0 Å². The lowest BCUT2D eigenvalue weighted by Crippen LogP contribution is -2.41. The van der Waals surface area contributed by atoms with Gasteiger partial charge in [0.2, 0.25) is 5.91 Å². The molecule has 1 aromatic heterocycles. The summed E-state index contributed by atoms with van der Waals surface area (Å²) in [6.45, 7) is 2.53. The third-order valence-corrected chi connectivity index (χ3v) is 3.12. The molecule has 17 heavy (non-hydrogen) atoms. The number of nitrogens with one attached hydrogen (secondary N) is 2. The maximum absolute atomic E-state index is 11.8. The SMILES string of the molecule is Cn1ccc(CCNC(=O)C2CCCNC2)n1. The summed E-state index contributed by atoms with van der Waals surface area (Å²) >= 11 is 0. The Labute approximate surface area is 102 Å². The van der Waals surface area contributed by atoms with Crippen molar-refractivity contribution in [2.24, 2.45) is 13.0 Å². The molecule has 1 aliphatic rings. The first-order valence-corrected chi connectivity index (χ1v) is 6.22. The Morgan fingerprint density at radius 1 is 1.71 bits per heavy atom. The van der Waals surface area contributed by atoms with E-state index in [1.807, 2.05) is 19.3 Å². The van der Waals surface area contributed by atoms with Crippen LogP contribution in [0.1, 0.15) is 18.5 Å². The van der Waals surface area contributed by atoms with E-state index >= 15 is 0 Å². The molecule has 0 aromatic carbocycles. The van der Waals surface area contributed by atoms with Crippen molar-refractivity contribution >= 4 is 5.91 Å². The highest BCUT2D eigenvalue weighted by atomic mass is 16.1. The van der Waals surface area contributed by atoms with Gasteiger partial charge in [0.25, 0.3) is 0 Å². The highest BCUT2D eigenvalue weighted by Gasteiger charge is 2.20. The van der Waals surface area contributed by atoms with Gasteiger partial charge < -0.3 is 10.6 Å². The number of amides is 1. The lowest BCUT2D eigenvalue weighted by atomic mass is 9.99. The van der Waals surface area contributed by atoms with Gasteiger partial charge in [0, 0.05) is 32.8 Å². The third-order valence-electron chi connectivity index (χ3n) is 3.12. The van der Waals surface area contributed by atoms with Gasteiger partial charge in [-0.2, -0.15) is 5.10 Å². The van der Waals surface area contributed by atoms with Gasteiger partial charge in [-0.15, -0.1) is 0 Å². The summed E-state index contributed by atoms with van der Waals surface area (Å²) in [5.41, 5.74) is 1.02. The zero-order valence-corrected chi connectivity index (χ0v) is 10.3. The summed E-state index contributed by atoms with van der Waals surface area (Å²) in [5, 5.41) is 10.5. The van der Waals surface area contributed by atoms with Gasteiger partial charge in [0.1, 0.15) is 0 Å². The van der Waals surface area contributed by atoms with Gasteiger partial charge in [-0.3, -0.25) is 9.48 Å². The molecule has 5 heteroatoms. The van der Waals surface area contributed by atoms with Crippen LogP contribution < -0.4 is 10.6 Å². The minimum absolute atomic E-state index is 0.146. The standard InChI is InChI=1S/C12H20N4O/c1-16-8-5-11(15-16)4-7-14-12(17)10-3-2-6-13-9-10/h5,8,10,13H,2-4,6-7,9H2,1H3,(H,14,17). The molecule has 1 fully saturated rings. The molecule has 2 N–H and O–H groups in total. The van der Waals surface area contributed by atoms with E-state index in [0.717, 1.165) is 38.0 Å². The van der Waals surface area contributed by atoms with Crippen LogP contribution in [0.5, 0.6) is 0 Å². The molecule has 0 radical (unpaired) electrons. The number of nitrogens with zero attached hydrogens (tertiary/aromatic N) is 2. The minimum Gasteiger partial charge on any atom is -0.355 e. The largest absolute Gasteiger partial charge is 0.355 e. The Morgan fingerprint density at radius 3 is 3.24 bits per heavy atom. The molecule has 1 saturated heterocycles. The van der Waals surface area contributed by atoms with Crippen molar-refractivity contribution in [2.45, 2.75) is 19.3 Å². The Bertz CT molecular complexity index is 368. The van der Waals surface area contributed by atoms with Crippen molar-refractivity contribution in [3.63, 3.8) is 0 Å². The van der Waals surface area contributed by atoms with E-state index in [0.29, 0.717) is 6.54 Å². The summed E-state index contributed by atoms with van der Waals surface area (Å²) in [7, 11) is 1.90. The van der Waals surface area contributed by atoms with Gasteiger partial charge >= 0.3 is 0 Å². The zero-order chi connectivity index (χ0) is 12.1. The average Bonchev–Trinajstić information content (AvgIpc) is 2.76. The number of aryl methyl sites for hydroxylation is 1. The van der Waals surface area contributed by atoms with Gasteiger partial charge in [-0.05, 0) is 25.5 Å². The second-order valence-corrected chi connectivity index (χ2v) is 4.57. The Balaban J connectivity index is 1.69. The van der Waals surface area contributed by atoms with Crippen LogP contribution in [0.3, 0.4) is 0 Å². The van der Waals surface area contributed by atoms with Crippen molar-refractivity contribution in [2.75, 3.05) is 19.6 Å². The second-order valence-electron chi connectivity index (χ2n) is 4.57. The molecule has 0 saturated carbocycles. The van der Waals surface area contributed by atoms with Crippen LogP contribution in [0.4, 0.5) is 0 Å². The minimum atomic E-state index is 0.146. The maximum atomic E-state index is 11.8. The van der Waals surface area contributed by atoms with E-state index in [-0.39, 0.29) is 11.8 Å². The molecule has 2 heterocycles. The highest BCUT2D eigenvalue weighted by molar-refractivity contribution is 5.78. The van der Waals surface area contributed by atoms with Crippen LogP contribution in [-0.2, 0) is 18.3 Å². The van der Waals surface area contributed by atoms with Crippen molar-refractivity contribution in [1.82, 2.24) is 20.4 Å². The number of rotatable bonds is 4. The van der Waals surface area contributed by atoms with E-state index < -0.39 is 0 Å². The summed E-state index contributed by atoms with van der Waals surface area (Å²) in [6.07, 6.45) is 4.82. The van der Waals surface area contributed by atoms with Gasteiger partial charge in [0.15, 0.2) is 0 Å². The molecule has 1 aliphatic heterocycles. The fourth-order valence-electron chi connectivity index (χ4n) is 2.13. The number of piperidine rings is 1. The Morgan fingerprint density at radius 2 is 2.59 bits per heavy atom. The van der Waals surface area contributed by atoms with Crippen molar-refractivity contribution in [3.8, 4) is 0 Å². The van der Waals surface area contributed by atoms with Crippen LogP contribution in [0.15, 0.2) is 12.3 Å². The number of carbonyl (C=O) groups excluding carboxylic acids is 1. The van der Waals surface area contributed by atoms with Crippen molar-refractivity contribution in [1.29, 1.82) is 0 Å². The predicted molar refractivity (Wildman–Crippen MR) is 65.5 cm³/mol. The zero-order valence-electron chi connectivity index (χ0n) is 10.3. The van der Waals surface area contributed by atoms with E-state index in [9.17, 15) is 4.79 Å². The fraction of sp³-hybridized carbons (Fsp3) is 0.667. The van der Waals surface area contributed by atoms with E-state index in [2.05, 4.69) is 15.7 Å². The highest BCUT2D eigenvalue weighted by Crippen LogP contribution is 2.09. The summed E-state index contributed by atoms with van der Waals surface area (Å²) in [4.78, 5) is 11.8. The first-order valence-electron chi connectivity index (χ1n) is 6.22. The quantitative estimate of drug-likeness (QED) is 0.778. The molecule has 0 spiro atoms. The number of carbonyl (C=O) groups is 1. The van der Waals surface area contributed by atoms with E-state index in [4.69, 9.17) is 0 Å². The Kier molecular flexibility index (Phi) is 4.14. The first kappa shape index (κ1) is 12.1. The first-order chi connectivity index (χ1) is 8.25. The van der Waals surface area contributed by atoms with Crippen LogP contribution in [0.25, 0.3) is 0 Å². The van der Waals surface area contributed by atoms with E-state index in [1.54, 1.807) is 4.68 Å². The second kappa shape index (κ2) is 5.82. The third kappa shape index (κ3) is 3.56. The van der Waals surface area contributed by atoms with Crippen molar-refractivity contribution in [3.05, 3.63) is 18.0 Å². The molecule has 2 rings (SSSR count). The van der Waals surface area contributed by atoms with Gasteiger partial charge in [-0.25, -0.2) is 0 Å². The normalized spacial score (nSPS) is 20.2. The molecule has 94 valence electrons. The molecule has 0 aliphatic carbocycles. The lowest BCUT2D eigenvalue weighted by Gasteiger charge is -2.21. The van der Waals surface area contributed by atoms with Crippen LogP contribution in [-0.4, -0.2) is 35.3 Å². The van der Waals surface area contributed by atoms with Crippen LogP contribution >= 0.6 is 0 Å². The molecule has 5 nitrogen and oxygen atoms in total. The molecule has 1 amide bonds. The molecular formula is C12H20N4O. The van der Waals surface area contributed by atoms with Gasteiger partial charge in [-0.1, -0.05) is 0 Å². The maximum Gasteiger partial charge on any atom is 0.224 e. The van der Waals surface area contributed by atoms with Gasteiger partial charge in [0.05, 0.1) is 11.6 Å². The van der Waals surface area contributed by atoms with E-state index in [1.165, 1.54) is 0 Å². The monoisotopic (exact) mass is 236 g/mol. The number of aromatic nitrogens is 2. The number of hydrogen-bond donors (Lipinski definition) is 2. The molecule has 1 aromatic rings. The average molecular weight is 236 g/mol. The molecule has 0 bridgehead atoms. The molecule has 1 atom stereocenters.